The third kappa shape index (κ3) is 4.19. The minimum Gasteiger partial charge on any atom is -0.504 e. The molecule has 3 N–H and O–H groups in total. The van der Waals surface area contributed by atoms with Crippen LogP contribution < -0.4 is 5.32 Å². The second kappa shape index (κ2) is 6.58. The summed E-state index contributed by atoms with van der Waals surface area (Å²) in [5.41, 5.74) is 1.43. The van der Waals surface area contributed by atoms with Gasteiger partial charge < -0.3 is 15.5 Å². The van der Waals surface area contributed by atoms with E-state index in [4.69, 9.17) is 0 Å². The number of amides is 1. The fourth-order valence-electron chi connectivity index (χ4n) is 1.82. The maximum absolute atomic E-state index is 11.6. The molecule has 2 rings (SSSR count). The summed E-state index contributed by atoms with van der Waals surface area (Å²) in [7, 11) is 0. The molecule has 112 valence electrons. The highest BCUT2D eigenvalue weighted by Gasteiger charge is 2.09. The first kappa shape index (κ1) is 15.3. The van der Waals surface area contributed by atoms with E-state index < -0.39 is 0 Å². The number of carbonyl (C=O) groups is 1. The van der Waals surface area contributed by atoms with Crippen LogP contribution in [0.4, 0.5) is 0 Å². The highest BCUT2D eigenvalue weighted by atomic mass is 32.1. The molecule has 0 fully saturated rings. The maximum atomic E-state index is 11.6. The van der Waals surface area contributed by atoms with Gasteiger partial charge in [-0.05, 0) is 24.1 Å². The summed E-state index contributed by atoms with van der Waals surface area (Å²) >= 11 is 1.45. The number of phenols is 2. The average Bonchev–Trinajstić information content (AvgIpc) is 2.88. The van der Waals surface area contributed by atoms with Gasteiger partial charge >= 0.3 is 0 Å². The first-order valence-electron chi connectivity index (χ1n) is 6.69. The molecule has 2 aromatic rings. The van der Waals surface area contributed by atoms with E-state index >= 15 is 0 Å². The highest BCUT2D eigenvalue weighted by molar-refractivity contribution is 7.09. The first-order valence-corrected chi connectivity index (χ1v) is 7.57. The van der Waals surface area contributed by atoms with Crippen molar-refractivity contribution < 1.29 is 15.0 Å². The zero-order chi connectivity index (χ0) is 15.4. The number of aromatic hydroxyl groups is 2. The molecule has 0 saturated carbocycles. The Balaban J connectivity index is 2.01. The summed E-state index contributed by atoms with van der Waals surface area (Å²) in [6, 6.07) is 4.57. The molecule has 0 unspecified atom stereocenters. The summed E-state index contributed by atoms with van der Waals surface area (Å²) in [6.07, 6.45) is 0.504. The molecule has 0 spiro atoms. The minimum absolute atomic E-state index is 0.0176. The fraction of sp³-hybridized carbons (Fsp3) is 0.333. The van der Waals surface area contributed by atoms with E-state index in [0.717, 1.165) is 10.6 Å². The molecule has 0 saturated heterocycles. The summed E-state index contributed by atoms with van der Waals surface area (Å²) in [5.74, 6) is 0.0169. The highest BCUT2D eigenvalue weighted by Crippen LogP contribution is 2.30. The smallest absolute Gasteiger partial charge is 0.220 e. The van der Waals surface area contributed by atoms with E-state index in [-0.39, 0.29) is 17.4 Å². The Morgan fingerprint density at radius 2 is 2.10 bits per heavy atom. The molecular formula is C15H18N2O3S. The van der Waals surface area contributed by atoms with Crippen LogP contribution in [0.15, 0.2) is 23.6 Å². The molecular weight excluding hydrogens is 288 g/mol. The topological polar surface area (TPSA) is 82.5 Å². The van der Waals surface area contributed by atoms with Gasteiger partial charge in [-0.3, -0.25) is 4.79 Å². The zero-order valence-electron chi connectivity index (χ0n) is 12.0. The Labute approximate surface area is 127 Å². The van der Waals surface area contributed by atoms with E-state index in [0.29, 0.717) is 24.6 Å². The van der Waals surface area contributed by atoms with Crippen LogP contribution in [0.25, 0.3) is 11.3 Å². The van der Waals surface area contributed by atoms with Gasteiger partial charge in [-0.15, -0.1) is 11.3 Å². The van der Waals surface area contributed by atoms with Crippen LogP contribution in [0.2, 0.25) is 0 Å². The summed E-state index contributed by atoms with van der Waals surface area (Å²) < 4.78 is 0. The van der Waals surface area contributed by atoms with Crippen molar-refractivity contribution in [3.63, 3.8) is 0 Å². The Bertz CT molecular complexity index is 638. The lowest BCUT2D eigenvalue weighted by Gasteiger charge is -2.05. The molecule has 0 aliphatic rings. The number of thiazole rings is 1. The Kier molecular flexibility index (Phi) is 4.80. The van der Waals surface area contributed by atoms with Crippen molar-refractivity contribution in [3.05, 3.63) is 28.6 Å². The van der Waals surface area contributed by atoms with Gasteiger partial charge in [0.25, 0.3) is 0 Å². The number of benzene rings is 1. The molecule has 6 heteroatoms. The van der Waals surface area contributed by atoms with Crippen LogP contribution in [0.1, 0.15) is 25.3 Å². The van der Waals surface area contributed by atoms with E-state index in [1.807, 2.05) is 19.2 Å². The van der Waals surface area contributed by atoms with Gasteiger partial charge in [0.15, 0.2) is 11.5 Å². The van der Waals surface area contributed by atoms with Gasteiger partial charge in [-0.2, -0.15) is 0 Å². The molecule has 0 aliphatic carbocycles. The van der Waals surface area contributed by atoms with Crippen molar-refractivity contribution in [2.75, 3.05) is 0 Å². The zero-order valence-corrected chi connectivity index (χ0v) is 12.8. The van der Waals surface area contributed by atoms with Gasteiger partial charge in [-0.1, -0.05) is 13.8 Å². The summed E-state index contributed by atoms with van der Waals surface area (Å²) in [5, 5.41) is 24.3. The molecule has 0 atom stereocenters. The Morgan fingerprint density at radius 3 is 2.76 bits per heavy atom. The first-order chi connectivity index (χ1) is 9.95. The molecule has 1 heterocycles. The van der Waals surface area contributed by atoms with Crippen molar-refractivity contribution in [2.45, 2.75) is 26.8 Å². The van der Waals surface area contributed by atoms with E-state index in [9.17, 15) is 15.0 Å². The van der Waals surface area contributed by atoms with Gasteiger partial charge in [0, 0.05) is 17.4 Å². The molecule has 1 aromatic carbocycles. The lowest BCUT2D eigenvalue weighted by atomic mass is 10.1. The minimum atomic E-state index is -0.174. The van der Waals surface area contributed by atoms with E-state index in [1.54, 1.807) is 6.07 Å². The van der Waals surface area contributed by atoms with Gasteiger partial charge in [0.05, 0.1) is 12.2 Å². The summed E-state index contributed by atoms with van der Waals surface area (Å²) in [6.45, 7) is 4.40. The SMILES string of the molecule is CC(C)CC(=O)NCc1nc(-c2ccc(O)c(O)c2)cs1. The largest absolute Gasteiger partial charge is 0.504 e. The molecule has 1 amide bonds. The molecule has 1 aromatic heterocycles. The van der Waals surface area contributed by atoms with Crippen molar-refractivity contribution in [2.24, 2.45) is 5.92 Å². The quantitative estimate of drug-likeness (QED) is 0.742. The monoisotopic (exact) mass is 306 g/mol. The number of carbonyl (C=O) groups excluding carboxylic acids is 1. The van der Waals surface area contributed by atoms with Crippen LogP contribution >= 0.6 is 11.3 Å². The van der Waals surface area contributed by atoms with Crippen molar-refractivity contribution >= 4 is 17.2 Å². The summed E-state index contributed by atoms with van der Waals surface area (Å²) in [4.78, 5) is 16.0. The van der Waals surface area contributed by atoms with Crippen molar-refractivity contribution in [1.29, 1.82) is 0 Å². The van der Waals surface area contributed by atoms with Crippen molar-refractivity contribution in [1.82, 2.24) is 10.3 Å². The standard InChI is InChI=1S/C15H18N2O3S/c1-9(2)5-14(20)16-7-15-17-11(8-21-15)10-3-4-12(18)13(19)6-10/h3-4,6,8-9,18-19H,5,7H2,1-2H3,(H,16,20). The number of phenolic OH excluding ortho intramolecular Hbond substituents is 2. The van der Waals surface area contributed by atoms with Gasteiger partial charge in [-0.25, -0.2) is 4.98 Å². The normalized spacial score (nSPS) is 10.8. The number of hydrogen-bond acceptors (Lipinski definition) is 5. The number of nitrogens with zero attached hydrogens (tertiary/aromatic N) is 1. The Morgan fingerprint density at radius 1 is 1.33 bits per heavy atom. The third-order valence-electron chi connectivity index (χ3n) is 2.85. The van der Waals surface area contributed by atoms with Gasteiger partial charge in [0.2, 0.25) is 5.91 Å². The molecule has 0 bridgehead atoms. The predicted octanol–water partition coefficient (Wildman–Crippen LogP) is 2.88. The van der Waals surface area contributed by atoms with E-state index in [1.165, 1.54) is 23.5 Å². The Hall–Kier alpha value is -2.08. The maximum Gasteiger partial charge on any atom is 0.220 e. The fourth-order valence-corrected chi connectivity index (χ4v) is 2.57. The molecule has 21 heavy (non-hydrogen) atoms. The van der Waals surface area contributed by atoms with Crippen LogP contribution in [0.3, 0.4) is 0 Å². The van der Waals surface area contributed by atoms with E-state index in [2.05, 4.69) is 10.3 Å². The third-order valence-corrected chi connectivity index (χ3v) is 3.70. The molecule has 5 nitrogen and oxygen atoms in total. The van der Waals surface area contributed by atoms with Crippen LogP contribution in [0.5, 0.6) is 11.5 Å². The van der Waals surface area contributed by atoms with Crippen LogP contribution in [-0.2, 0) is 11.3 Å². The van der Waals surface area contributed by atoms with Gasteiger partial charge in [0.1, 0.15) is 5.01 Å². The number of rotatable bonds is 5. The second-order valence-corrected chi connectivity index (χ2v) is 6.15. The average molecular weight is 306 g/mol. The van der Waals surface area contributed by atoms with Crippen LogP contribution in [-0.4, -0.2) is 21.1 Å². The number of aromatic nitrogens is 1. The number of hydrogen-bond donors (Lipinski definition) is 3. The molecule has 0 radical (unpaired) electrons. The predicted molar refractivity (Wildman–Crippen MR) is 82.2 cm³/mol. The van der Waals surface area contributed by atoms with Crippen LogP contribution in [0, 0.1) is 5.92 Å². The van der Waals surface area contributed by atoms with Crippen molar-refractivity contribution in [3.8, 4) is 22.8 Å². The number of nitrogens with one attached hydrogen (secondary N) is 1. The lowest BCUT2D eigenvalue weighted by Crippen LogP contribution is -2.23. The molecule has 0 aliphatic heterocycles. The second-order valence-electron chi connectivity index (χ2n) is 5.20. The lowest BCUT2D eigenvalue weighted by molar-refractivity contribution is -0.121.